The molecule has 0 N–H and O–H groups in total. The van der Waals surface area contributed by atoms with Gasteiger partial charge >= 0.3 is 24.3 Å². The Hall–Kier alpha value is -1.37. The lowest BCUT2D eigenvalue weighted by Gasteiger charge is -2.32. The highest BCUT2D eigenvalue weighted by Crippen LogP contribution is 2.55. The van der Waals surface area contributed by atoms with Crippen LogP contribution in [0, 0.1) is 23.7 Å². The smallest absolute Gasteiger partial charge is 0.422 e. The van der Waals surface area contributed by atoms with Crippen LogP contribution in [0.5, 0.6) is 0 Å². The molecule has 2 saturated carbocycles. The van der Waals surface area contributed by atoms with Gasteiger partial charge in [-0.2, -0.15) is 26.3 Å². The number of alkyl halides is 6. The summed E-state index contributed by atoms with van der Waals surface area (Å²) in [5.41, 5.74) is 0. The van der Waals surface area contributed by atoms with Gasteiger partial charge in [0.25, 0.3) is 0 Å². The molecule has 2 fully saturated rings. The predicted octanol–water partition coefficient (Wildman–Crippen LogP) is 2.15. The van der Waals surface area contributed by atoms with Gasteiger partial charge in [-0.05, 0) is 24.7 Å². The molecule has 0 amide bonds. The van der Waals surface area contributed by atoms with Crippen LogP contribution in [0.4, 0.5) is 26.3 Å². The van der Waals surface area contributed by atoms with Crippen molar-refractivity contribution >= 4 is 23.0 Å². The second-order valence-corrected chi connectivity index (χ2v) is 7.82. The largest absolute Gasteiger partial charge is 0.456 e. The normalized spacial score (nSPS) is 31.6. The zero-order valence-electron chi connectivity index (χ0n) is 13.8. The van der Waals surface area contributed by atoms with Crippen LogP contribution in [0.1, 0.15) is 12.8 Å². The molecule has 0 aromatic heterocycles. The standard InChI is InChI=1S/C14H16F6O6S/c1-24-27(23)8-3-6-2-7(8)10(12(22)26-5-14(18,19)20)9(6)11(21)25-4-13(15,16)17/h6-10H,2-5H2,1H3. The van der Waals surface area contributed by atoms with E-state index < -0.39 is 77.5 Å². The Bertz CT molecular complexity index is 606. The van der Waals surface area contributed by atoms with E-state index in [0.29, 0.717) is 0 Å². The molecule has 2 bridgehead atoms. The maximum absolute atomic E-state index is 12.3. The zero-order chi connectivity index (χ0) is 20.6. The number of hydrogen-bond acceptors (Lipinski definition) is 6. The van der Waals surface area contributed by atoms with Gasteiger partial charge in [-0.25, -0.2) is 4.21 Å². The van der Waals surface area contributed by atoms with Crippen LogP contribution >= 0.6 is 0 Å². The molecule has 6 nitrogen and oxygen atoms in total. The summed E-state index contributed by atoms with van der Waals surface area (Å²) in [4.78, 5) is 24.2. The van der Waals surface area contributed by atoms with E-state index in [9.17, 15) is 40.1 Å². The minimum absolute atomic E-state index is 0.111. The first-order valence-electron chi connectivity index (χ1n) is 7.76. The van der Waals surface area contributed by atoms with Gasteiger partial charge in [0, 0.05) is 0 Å². The van der Waals surface area contributed by atoms with Crippen molar-refractivity contribution in [1.29, 1.82) is 0 Å². The van der Waals surface area contributed by atoms with E-state index in [1.807, 2.05) is 0 Å². The lowest BCUT2D eigenvalue weighted by Crippen LogP contribution is -2.44. The average molecular weight is 426 g/mol. The quantitative estimate of drug-likeness (QED) is 0.479. The average Bonchev–Trinajstić information content (AvgIpc) is 3.13. The first-order valence-corrected chi connectivity index (χ1v) is 8.89. The Balaban J connectivity index is 2.18. The third-order valence-electron chi connectivity index (χ3n) is 4.66. The number of halogens is 6. The second-order valence-electron chi connectivity index (χ2n) is 6.36. The molecule has 27 heavy (non-hydrogen) atoms. The SMILES string of the molecule is COS(=O)C1CC2CC1C(C(=O)OCC(F)(F)F)C2C(=O)OCC(F)(F)F. The van der Waals surface area contributed by atoms with Crippen molar-refractivity contribution in [1.82, 2.24) is 0 Å². The lowest BCUT2D eigenvalue weighted by atomic mass is 9.79. The van der Waals surface area contributed by atoms with Crippen molar-refractivity contribution in [2.75, 3.05) is 20.3 Å². The monoisotopic (exact) mass is 426 g/mol. The van der Waals surface area contributed by atoms with Crippen molar-refractivity contribution in [3.63, 3.8) is 0 Å². The van der Waals surface area contributed by atoms with Crippen LogP contribution in [-0.2, 0) is 34.3 Å². The Kier molecular flexibility index (Phi) is 6.44. The van der Waals surface area contributed by atoms with Gasteiger partial charge in [0.15, 0.2) is 24.3 Å². The first kappa shape index (κ1) is 21.9. The van der Waals surface area contributed by atoms with Crippen LogP contribution in [0.25, 0.3) is 0 Å². The van der Waals surface area contributed by atoms with Gasteiger partial charge in [-0.15, -0.1) is 0 Å². The zero-order valence-corrected chi connectivity index (χ0v) is 14.7. The molecule has 0 spiro atoms. The van der Waals surface area contributed by atoms with Gasteiger partial charge in [0.05, 0.1) is 24.2 Å². The molecule has 0 heterocycles. The number of hydrogen-bond donors (Lipinski definition) is 0. The second kappa shape index (κ2) is 7.94. The molecule has 0 aromatic rings. The molecule has 0 radical (unpaired) electrons. The van der Waals surface area contributed by atoms with Crippen molar-refractivity contribution in [2.24, 2.45) is 23.7 Å². The van der Waals surface area contributed by atoms with Crippen molar-refractivity contribution in [3.05, 3.63) is 0 Å². The molecular weight excluding hydrogens is 410 g/mol. The molecule has 0 aliphatic heterocycles. The van der Waals surface area contributed by atoms with Gasteiger partial charge in [-0.3, -0.25) is 13.8 Å². The highest BCUT2D eigenvalue weighted by molar-refractivity contribution is 7.80. The summed E-state index contributed by atoms with van der Waals surface area (Å²) < 4.78 is 98.7. The van der Waals surface area contributed by atoms with Crippen LogP contribution in [0.3, 0.4) is 0 Å². The molecule has 2 rings (SSSR count). The van der Waals surface area contributed by atoms with Gasteiger partial charge in [-0.1, -0.05) is 0 Å². The van der Waals surface area contributed by atoms with Gasteiger partial charge < -0.3 is 9.47 Å². The van der Waals surface area contributed by atoms with E-state index in [-0.39, 0.29) is 12.8 Å². The van der Waals surface area contributed by atoms with E-state index in [1.54, 1.807) is 0 Å². The van der Waals surface area contributed by atoms with Crippen molar-refractivity contribution < 1.29 is 53.8 Å². The molecule has 156 valence electrons. The van der Waals surface area contributed by atoms with E-state index in [2.05, 4.69) is 9.47 Å². The topological polar surface area (TPSA) is 78.9 Å². The summed E-state index contributed by atoms with van der Waals surface area (Å²) in [6, 6.07) is 0. The molecule has 13 heteroatoms. The summed E-state index contributed by atoms with van der Waals surface area (Å²) >= 11 is -1.87. The summed E-state index contributed by atoms with van der Waals surface area (Å²) in [6.07, 6.45) is -9.37. The van der Waals surface area contributed by atoms with Gasteiger partial charge in [0.1, 0.15) is 0 Å². The Labute approximate surface area is 152 Å². The van der Waals surface area contributed by atoms with Crippen LogP contribution in [0.15, 0.2) is 0 Å². The minimum Gasteiger partial charge on any atom is -0.456 e. The number of carbonyl (C=O) groups excluding carboxylic acids is 2. The summed E-state index contributed by atoms with van der Waals surface area (Å²) in [6.45, 7) is -3.78. The number of rotatable bonds is 6. The number of fused-ring (bicyclic) bond motifs is 2. The van der Waals surface area contributed by atoms with E-state index >= 15 is 0 Å². The molecule has 0 saturated heterocycles. The fourth-order valence-corrected chi connectivity index (χ4v) is 5.02. The van der Waals surface area contributed by atoms with Gasteiger partial charge in [0.2, 0.25) is 0 Å². The third kappa shape index (κ3) is 5.33. The molecular formula is C14H16F6O6S. The molecule has 6 atom stereocenters. The maximum Gasteiger partial charge on any atom is 0.422 e. The maximum atomic E-state index is 12.3. The van der Waals surface area contributed by atoms with Crippen LogP contribution in [0.2, 0.25) is 0 Å². The highest BCUT2D eigenvalue weighted by atomic mass is 32.2. The Morgan fingerprint density at radius 2 is 1.41 bits per heavy atom. The third-order valence-corrected chi connectivity index (χ3v) is 6.02. The Morgan fingerprint density at radius 1 is 0.926 bits per heavy atom. The molecule has 6 unspecified atom stereocenters. The number of ether oxygens (including phenoxy) is 2. The fraction of sp³-hybridized carbons (Fsp3) is 0.857. The van der Waals surface area contributed by atoms with Crippen molar-refractivity contribution in [3.8, 4) is 0 Å². The molecule has 2 aliphatic carbocycles. The summed E-state index contributed by atoms with van der Waals surface area (Å²) in [5.74, 6) is -7.07. The Morgan fingerprint density at radius 3 is 1.85 bits per heavy atom. The summed E-state index contributed by atoms with van der Waals surface area (Å²) in [5, 5.41) is -0.741. The fourth-order valence-electron chi connectivity index (χ4n) is 3.81. The van der Waals surface area contributed by atoms with Crippen molar-refractivity contribution in [2.45, 2.75) is 30.4 Å². The van der Waals surface area contributed by atoms with E-state index in [0.717, 1.165) is 7.11 Å². The van der Waals surface area contributed by atoms with Crippen LogP contribution in [-0.4, -0.2) is 54.1 Å². The van der Waals surface area contributed by atoms with E-state index in [4.69, 9.17) is 4.18 Å². The summed E-state index contributed by atoms with van der Waals surface area (Å²) in [7, 11) is 1.13. The molecule has 0 aromatic carbocycles. The van der Waals surface area contributed by atoms with Crippen LogP contribution < -0.4 is 0 Å². The number of carbonyl (C=O) groups is 2. The number of esters is 2. The first-order chi connectivity index (χ1) is 12.3. The predicted molar refractivity (Wildman–Crippen MR) is 76.2 cm³/mol. The minimum atomic E-state index is -4.81. The van der Waals surface area contributed by atoms with E-state index in [1.165, 1.54) is 0 Å². The molecule has 2 aliphatic rings. The lowest BCUT2D eigenvalue weighted by molar-refractivity contribution is -0.198. The highest BCUT2D eigenvalue weighted by Gasteiger charge is 2.61.